The SMILES string of the molecule is CCC(C(=O)O)N1CCC(F)(F)C1.Cl. The molecule has 1 heterocycles. The van der Waals surface area contributed by atoms with Crippen molar-refractivity contribution in [2.75, 3.05) is 13.1 Å². The number of aliphatic carboxylic acids is 1. The molecule has 1 unspecified atom stereocenters. The highest BCUT2D eigenvalue weighted by atomic mass is 35.5. The van der Waals surface area contributed by atoms with Gasteiger partial charge in [-0.25, -0.2) is 8.78 Å². The number of halogens is 3. The first-order valence-corrected chi connectivity index (χ1v) is 4.31. The van der Waals surface area contributed by atoms with Crippen molar-refractivity contribution in [1.82, 2.24) is 4.90 Å². The topological polar surface area (TPSA) is 40.5 Å². The molecule has 1 aliphatic heterocycles. The third-order valence-electron chi connectivity index (χ3n) is 2.31. The van der Waals surface area contributed by atoms with Gasteiger partial charge in [-0.15, -0.1) is 12.4 Å². The van der Waals surface area contributed by atoms with Gasteiger partial charge in [-0.2, -0.15) is 0 Å². The molecule has 1 rings (SSSR count). The Morgan fingerprint density at radius 3 is 2.50 bits per heavy atom. The van der Waals surface area contributed by atoms with Crippen LogP contribution < -0.4 is 0 Å². The zero-order valence-corrected chi connectivity index (χ0v) is 8.69. The van der Waals surface area contributed by atoms with E-state index >= 15 is 0 Å². The summed E-state index contributed by atoms with van der Waals surface area (Å²) in [5.41, 5.74) is 0. The summed E-state index contributed by atoms with van der Waals surface area (Å²) >= 11 is 0. The molecule has 0 aromatic rings. The van der Waals surface area contributed by atoms with E-state index in [0.717, 1.165) is 0 Å². The van der Waals surface area contributed by atoms with Gasteiger partial charge in [-0.3, -0.25) is 9.69 Å². The number of hydrogen-bond donors (Lipinski definition) is 1. The molecule has 1 atom stereocenters. The van der Waals surface area contributed by atoms with Gasteiger partial charge in [0.05, 0.1) is 6.54 Å². The van der Waals surface area contributed by atoms with Crippen LogP contribution >= 0.6 is 12.4 Å². The van der Waals surface area contributed by atoms with Crippen molar-refractivity contribution >= 4 is 18.4 Å². The zero-order valence-electron chi connectivity index (χ0n) is 7.87. The fourth-order valence-corrected chi connectivity index (χ4v) is 1.62. The molecule has 84 valence electrons. The van der Waals surface area contributed by atoms with Gasteiger partial charge in [0.25, 0.3) is 5.92 Å². The lowest BCUT2D eigenvalue weighted by atomic mass is 10.2. The number of alkyl halides is 2. The van der Waals surface area contributed by atoms with E-state index in [1.54, 1.807) is 6.92 Å². The quantitative estimate of drug-likeness (QED) is 0.800. The molecular weight excluding hydrogens is 216 g/mol. The largest absolute Gasteiger partial charge is 0.480 e. The molecule has 3 nitrogen and oxygen atoms in total. The number of carboxylic acid groups (broad SMARTS) is 1. The van der Waals surface area contributed by atoms with Gasteiger partial charge in [0.15, 0.2) is 0 Å². The van der Waals surface area contributed by atoms with Gasteiger partial charge in [-0.05, 0) is 6.42 Å². The lowest BCUT2D eigenvalue weighted by molar-refractivity contribution is -0.143. The lowest BCUT2D eigenvalue weighted by Gasteiger charge is -2.22. The summed E-state index contributed by atoms with van der Waals surface area (Å²) in [6.07, 6.45) is 0.141. The van der Waals surface area contributed by atoms with Crippen LogP contribution in [0.25, 0.3) is 0 Å². The van der Waals surface area contributed by atoms with E-state index in [1.807, 2.05) is 0 Å². The van der Waals surface area contributed by atoms with E-state index in [4.69, 9.17) is 5.11 Å². The van der Waals surface area contributed by atoms with Gasteiger partial charge in [0.2, 0.25) is 0 Å². The smallest absolute Gasteiger partial charge is 0.320 e. The summed E-state index contributed by atoms with van der Waals surface area (Å²) in [7, 11) is 0. The average molecular weight is 230 g/mol. The highest BCUT2D eigenvalue weighted by Gasteiger charge is 2.42. The van der Waals surface area contributed by atoms with Gasteiger partial charge in [-0.1, -0.05) is 6.92 Å². The first-order chi connectivity index (χ1) is 5.96. The number of nitrogens with zero attached hydrogens (tertiary/aromatic N) is 1. The molecule has 1 fully saturated rings. The van der Waals surface area contributed by atoms with Crippen LogP contribution in [0.1, 0.15) is 19.8 Å². The van der Waals surface area contributed by atoms with Crippen molar-refractivity contribution < 1.29 is 18.7 Å². The molecule has 0 bridgehead atoms. The maximum Gasteiger partial charge on any atom is 0.320 e. The normalized spacial score (nSPS) is 22.8. The number of likely N-dealkylation sites (tertiary alicyclic amines) is 1. The highest BCUT2D eigenvalue weighted by Crippen LogP contribution is 2.28. The fourth-order valence-electron chi connectivity index (χ4n) is 1.62. The first kappa shape index (κ1) is 13.6. The van der Waals surface area contributed by atoms with Crippen molar-refractivity contribution in [3.8, 4) is 0 Å². The summed E-state index contributed by atoms with van der Waals surface area (Å²) in [5, 5.41) is 8.72. The number of hydrogen-bond acceptors (Lipinski definition) is 2. The average Bonchev–Trinajstić information content (AvgIpc) is 2.31. The Labute approximate surface area is 87.5 Å². The molecule has 14 heavy (non-hydrogen) atoms. The third-order valence-corrected chi connectivity index (χ3v) is 2.31. The predicted octanol–water partition coefficient (Wildman–Crippen LogP) is 1.61. The predicted molar refractivity (Wildman–Crippen MR) is 50.1 cm³/mol. The van der Waals surface area contributed by atoms with Gasteiger partial charge in [0.1, 0.15) is 6.04 Å². The van der Waals surface area contributed by atoms with Crippen molar-refractivity contribution in [3.63, 3.8) is 0 Å². The minimum atomic E-state index is -2.71. The Hall–Kier alpha value is -0.420. The highest BCUT2D eigenvalue weighted by molar-refractivity contribution is 5.85. The van der Waals surface area contributed by atoms with Crippen LogP contribution in [0.3, 0.4) is 0 Å². The van der Waals surface area contributed by atoms with Crippen molar-refractivity contribution in [2.24, 2.45) is 0 Å². The van der Waals surface area contributed by atoms with E-state index in [0.29, 0.717) is 6.42 Å². The van der Waals surface area contributed by atoms with Crippen LogP contribution in [0.2, 0.25) is 0 Å². The molecule has 0 aromatic carbocycles. The molecule has 6 heteroatoms. The second kappa shape index (κ2) is 4.89. The van der Waals surface area contributed by atoms with Crippen LogP contribution in [-0.2, 0) is 4.79 Å². The molecule has 0 aromatic heterocycles. The molecular formula is C8H14ClF2NO2. The summed E-state index contributed by atoms with van der Waals surface area (Å²) in [5.74, 6) is -3.72. The monoisotopic (exact) mass is 229 g/mol. The molecule has 1 aliphatic rings. The Morgan fingerprint density at radius 2 is 2.21 bits per heavy atom. The van der Waals surface area contributed by atoms with Crippen molar-refractivity contribution in [3.05, 3.63) is 0 Å². The Morgan fingerprint density at radius 1 is 1.64 bits per heavy atom. The standard InChI is InChI=1S/C8H13F2NO2.ClH/c1-2-6(7(12)13)11-4-3-8(9,10)5-11;/h6H,2-5H2,1H3,(H,12,13);1H. The third kappa shape index (κ3) is 3.06. The van der Waals surface area contributed by atoms with Crippen LogP contribution in [-0.4, -0.2) is 41.0 Å². The van der Waals surface area contributed by atoms with Crippen molar-refractivity contribution in [1.29, 1.82) is 0 Å². The minimum Gasteiger partial charge on any atom is -0.480 e. The van der Waals surface area contributed by atoms with Crippen LogP contribution in [0.15, 0.2) is 0 Å². The van der Waals surface area contributed by atoms with Gasteiger partial charge < -0.3 is 5.11 Å². The number of rotatable bonds is 3. The van der Waals surface area contributed by atoms with Crippen molar-refractivity contribution in [2.45, 2.75) is 31.7 Å². The van der Waals surface area contributed by atoms with E-state index in [-0.39, 0.29) is 25.4 Å². The second-order valence-corrected chi connectivity index (χ2v) is 3.34. The molecule has 0 aliphatic carbocycles. The van der Waals surface area contributed by atoms with E-state index in [9.17, 15) is 13.6 Å². The summed E-state index contributed by atoms with van der Waals surface area (Å²) in [4.78, 5) is 12.0. The maximum atomic E-state index is 12.7. The van der Waals surface area contributed by atoms with Crippen LogP contribution in [0, 0.1) is 0 Å². The molecule has 1 N–H and O–H groups in total. The first-order valence-electron chi connectivity index (χ1n) is 4.31. The fraction of sp³-hybridized carbons (Fsp3) is 0.875. The summed E-state index contributed by atoms with van der Waals surface area (Å²) < 4.78 is 25.4. The van der Waals surface area contributed by atoms with Gasteiger partial charge in [0, 0.05) is 13.0 Å². The molecule has 0 saturated carbocycles. The zero-order chi connectivity index (χ0) is 10.1. The van der Waals surface area contributed by atoms with Gasteiger partial charge >= 0.3 is 5.97 Å². The summed E-state index contributed by atoms with van der Waals surface area (Å²) in [6.45, 7) is 1.45. The van der Waals surface area contributed by atoms with E-state index < -0.39 is 24.5 Å². The summed E-state index contributed by atoms with van der Waals surface area (Å²) in [6, 6.07) is -0.756. The Bertz CT molecular complexity index is 214. The minimum absolute atomic E-state index is 0. The maximum absolute atomic E-state index is 12.7. The number of carboxylic acids is 1. The second-order valence-electron chi connectivity index (χ2n) is 3.34. The Balaban J connectivity index is 0.00000169. The molecule has 0 radical (unpaired) electrons. The Kier molecular flexibility index (Phi) is 4.74. The molecule has 1 saturated heterocycles. The molecule has 0 amide bonds. The van der Waals surface area contributed by atoms with Crippen LogP contribution in [0.5, 0.6) is 0 Å². The molecule has 0 spiro atoms. The van der Waals surface area contributed by atoms with E-state index in [2.05, 4.69) is 0 Å². The van der Waals surface area contributed by atoms with E-state index in [1.165, 1.54) is 4.90 Å². The number of carbonyl (C=O) groups is 1. The van der Waals surface area contributed by atoms with Crippen LogP contribution in [0.4, 0.5) is 8.78 Å². The lowest BCUT2D eigenvalue weighted by Crippen LogP contribution is -2.40.